The number of hydrogen-bond donors (Lipinski definition) is 18. The minimum atomic E-state index is -2.04. The van der Waals surface area contributed by atoms with E-state index in [-0.39, 0.29) is 92.9 Å². The molecule has 5 aliphatic rings. The largest absolute Gasteiger partial charge is 0.507 e. The van der Waals surface area contributed by atoms with E-state index in [0.29, 0.717) is 35.9 Å². The van der Waals surface area contributed by atoms with Crippen LogP contribution in [0.1, 0.15) is 136 Å². The molecule has 0 radical (unpaired) electrons. The Hall–Kier alpha value is -10.0. The van der Waals surface area contributed by atoms with Crippen molar-refractivity contribution in [1.82, 2.24) is 41.4 Å². The number of thiocarbonyl (C=S) groups is 1. The number of methoxy groups -OCH3 is 1. The molecule has 0 saturated carbocycles. The summed E-state index contributed by atoms with van der Waals surface area (Å²) in [6.07, 6.45) is 12.4. The van der Waals surface area contributed by atoms with Crippen molar-refractivity contribution >= 4 is 81.0 Å². The monoisotopic (exact) mass is 1580 g/mol. The van der Waals surface area contributed by atoms with Crippen LogP contribution in [0.2, 0.25) is 0 Å². The number of amides is 3. The number of ether oxygens (including phenoxy) is 4. The molecule has 2 saturated heterocycles. The van der Waals surface area contributed by atoms with E-state index in [4.69, 9.17) is 74.6 Å². The highest BCUT2D eigenvalue weighted by molar-refractivity contribution is 7.80. The van der Waals surface area contributed by atoms with Crippen LogP contribution < -0.4 is 54.6 Å². The number of pyridine rings is 2. The molecule has 5 aliphatic heterocycles. The van der Waals surface area contributed by atoms with Gasteiger partial charge >= 0.3 is 17.7 Å². The van der Waals surface area contributed by atoms with Crippen molar-refractivity contribution in [1.29, 1.82) is 0 Å². The number of Topliss-reactive ketones (excluding diaryl/α,β-unsaturated/α-hetero) is 1. The summed E-state index contributed by atoms with van der Waals surface area (Å²) in [6, 6.07) is 10.7. The number of piperazine rings is 1. The molecule has 5 bridgehead atoms. The number of benzene rings is 3. The molecule has 3 amide bonds. The second-order valence-electron chi connectivity index (χ2n) is 27.0. The van der Waals surface area contributed by atoms with E-state index in [0.717, 1.165) is 56.7 Å². The van der Waals surface area contributed by atoms with Crippen LogP contribution in [0.5, 0.6) is 28.7 Å². The number of aryl methyl sites for hydroxylation is 1. The van der Waals surface area contributed by atoms with E-state index in [9.17, 15) is 54.3 Å². The van der Waals surface area contributed by atoms with Crippen LogP contribution in [0.3, 0.4) is 0 Å². The number of carbonyl (C=O) groups excluding carboxylic acids is 5. The minimum absolute atomic E-state index is 0.0559. The van der Waals surface area contributed by atoms with E-state index in [1.807, 2.05) is 45.4 Å². The fourth-order valence-electron chi connectivity index (χ4n) is 11.6. The predicted octanol–water partition coefficient (Wildman–Crippen LogP) is 4.05. The standard InChI is InChI=1S/C43H58N4O12.C10H24N2O2.C8H10N2S.C7H7NO3.C6H7N3O.C3H6N2O2/c1-21-12-11-13-22(2)42(55)45-33-28(20-44-47-17-15-46(9)16-18-47)37(52)30-31(38(33)53)36(51)26(6)40-32(30)41(54)43(8,59-40)57-19-14-29(56-10)23(3)39(58-27(7)48)25(5)35(50)24(4)34(21)49;1-3-9(7-13)11-5-6-12-10(4-2)8-14;1-2-7-5-6(8(9)11)3-4-10-7;8-4-1-2-5(7(10)11)6(9)3-4;7-9-6(10)5-1-3-8-4-2-5;4-2-1-7-5-3(2)6/h11-14,19-21,23-25,29,34-35,39,49-53H,15-18H2,1-10H3,(H,45,55);9-14H,3-8H2,1-2H3;3-5H,2H2,1H3,(H2,9,11);1-3,9H,8H2,(H,10,11);1-4H,7H2,(H,9,10);2H,1,4H2,(H,5,6)/b12-11+,19-14+,22-13-,44-20+;;;;;/t21-,23+,24+,25+,29-,34-,35+,39+,43-;9-,10-;;;;2-/m00...1/s1. The first-order valence-electron chi connectivity index (χ1n) is 36.4. The van der Waals surface area contributed by atoms with Gasteiger partial charge in [0.15, 0.2) is 5.75 Å². The smallest absolute Gasteiger partial charge is 0.339 e. The number of hydroxylamine groups is 1. The number of anilines is 2. The molecular formula is C77H112N14O20S. The number of carbonyl (C=O) groups is 6. The molecule has 3 aromatic carbocycles. The van der Waals surface area contributed by atoms with Crippen LogP contribution in [-0.2, 0) is 39.9 Å². The van der Waals surface area contributed by atoms with Crippen LogP contribution in [0, 0.1) is 30.6 Å². The lowest BCUT2D eigenvalue weighted by molar-refractivity contribution is -0.160. The number of hydrogen-bond acceptors (Lipinski definition) is 30. The molecule has 112 heavy (non-hydrogen) atoms. The summed E-state index contributed by atoms with van der Waals surface area (Å²) in [5, 5.41) is 109. The summed E-state index contributed by atoms with van der Waals surface area (Å²) in [4.78, 5) is 86.7. The molecule has 2 fully saturated rings. The molecule has 5 aromatic rings. The third kappa shape index (κ3) is 26.9. The Kier molecular flexibility index (Phi) is 38.8. The topological polar surface area (TPSA) is 539 Å². The van der Waals surface area contributed by atoms with E-state index < -0.39 is 101 Å². The average Bonchev–Trinajstić information content (AvgIpc) is 1.50. The summed E-state index contributed by atoms with van der Waals surface area (Å²) in [7, 11) is 3.42. The summed E-state index contributed by atoms with van der Waals surface area (Å²) in [5.41, 5.74) is 22.3. The van der Waals surface area contributed by atoms with Gasteiger partial charge in [0, 0.05) is 160 Å². The molecule has 0 aliphatic carbocycles. The Labute approximate surface area is 657 Å². The molecule has 7 heterocycles. The van der Waals surface area contributed by atoms with Crippen molar-refractivity contribution in [2.45, 2.75) is 144 Å². The van der Waals surface area contributed by atoms with E-state index in [2.05, 4.69) is 46.2 Å². The van der Waals surface area contributed by atoms with Gasteiger partial charge in [-0.15, -0.1) is 0 Å². The first kappa shape index (κ1) is 94.4. The van der Waals surface area contributed by atoms with E-state index >= 15 is 0 Å². The summed E-state index contributed by atoms with van der Waals surface area (Å²) in [5.74, 6) is -5.47. The zero-order valence-electron chi connectivity index (χ0n) is 65.5. The van der Waals surface area contributed by atoms with Crippen molar-refractivity contribution in [2.24, 2.45) is 46.1 Å². The lowest BCUT2D eigenvalue weighted by Crippen LogP contribution is -2.46. The number of phenols is 4. The van der Waals surface area contributed by atoms with Gasteiger partial charge in [-0.05, 0) is 82.6 Å². The number of nitrogen functional groups attached to an aromatic ring is 2. The maximum absolute atomic E-state index is 14.4. The number of aromatic carboxylic acids is 1. The molecule has 0 spiro atoms. The summed E-state index contributed by atoms with van der Waals surface area (Å²) < 4.78 is 23.6. The molecule has 616 valence electrons. The summed E-state index contributed by atoms with van der Waals surface area (Å²) >= 11 is 4.82. The van der Waals surface area contributed by atoms with Gasteiger partial charge < -0.3 is 103 Å². The number of aliphatic hydroxyl groups is 4. The number of hydrazone groups is 1. The summed E-state index contributed by atoms with van der Waals surface area (Å²) in [6.45, 7) is 23.6. The molecular weight excluding hydrogens is 1470 g/mol. The fraction of sp³-hybridized carbons (Fsp3) is 0.481. The third-order valence-electron chi connectivity index (χ3n) is 18.8. The number of likely N-dealkylation sites (N-methyl/N-ethyl adjacent to an activating group) is 1. The highest BCUT2D eigenvalue weighted by Crippen LogP contribution is 2.55. The number of aliphatic hydroxyl groups excluding tert-OH is 4. The molecule has 34 nitrogen and oxygen atoms in total. The average molecular weight is 1590 g/mol. The number of rotatable bonds is 17. The van der Waals surface area contributed by atoms with E-state index in [1.54, 1.807) is 63.2 Å². The van der Waals surface area contributed by atoms with Gasteiger partial charge in [0.05, 0.1) is 72.8 Å². The van der Waals surface area contributed by atoms with Gasteiger partial charge in [0.25, 0.3) is 23.5 Å². The van der Waals surface area contributed by atoms with Crippen LogP contribution in [0.25, 0.3) is 10.8 Å². The highest BCUT2D eigenvalue weighted by Gasteiger charge is 2.50. The van der Waals surface area contributed by atoms with Crippen LogP contribution in [-0.4, -0.2) is 234 Å². The number of carboxylic acid groups (broad SMARTS) is 1. The second-order valence-corrected chi connectivity index (χ2v) is 27.5. The first-order chi connectivity index (χ1) is 53.0. The molecule has 35 heteroatoms. The minimum Gasteiger partial charge on any atom is -0.507 e. The maximum Gasteiger partial charge on any atom is 0.339 e. The number of hydrazine groups is 1. The molecule has 10 rings (SSSR count). The van der Waals surface area contributed by atoms with Crippen molar-refractivity contribution in [2.75, 3.05) is 84.3 Å². The van der Waals surface area contributed by atoms with Crippen molar-refractivity contribution in [3.63, 3.8) is 0 Å². The van der Waals surface area contributed by atoms with Crippen LogP contribution >= 0.6 is 12.2 Å². The number of ketones is 1. The first-order valence-corrected chi connectivity index (χ1v) is 36.8. The van der Waals surface area contributed by atoms with Crippen LogP contribution in [0.4, 0.5) is 11.4 Å². The number of carboxylic acids is 1. The number of nitrogens with zero attached hydrogens (tertiary/aromatic N) is 5. The normalized spacial score (nSPS) is 23.4. The van der Waals surface area contributed by atoms with Gasteiger partial charge in [-0.2, -0.15) is 5.10 Å². The molecule has 22 N–H and O–H groups in total. The Morgan fingerprint density at radius 1 is 0.848 bits per heavy atom. The van der Waals surface area contributed by atoms with Gasteiger partial charge in [0.1, 0.15) is 45.7 Å². The second kappa shape index (κ2) is 46.1. The number of esters is 1. The fourth-order valence-corrected chi connectivity index (χ4v) is 11.8. The Bertz CT molecular complexity index is 4070. The Morgan fingerprint density at radius 3 is 1.97 bits per heavy atom. The lowest BCUT2D eigenvalue weighted by Gasteiger charge is -2.38. The maximum atomic E-state index is 14.4. The highest BCUT2D eigenvalue weighted by atomic mass is 32.1. The number of fused-ring (bicyclic) bond motifs is 14. The SMILES string of the molecule is CC[C@@H](CO)NCCN[C@@H](CC)CO.CCc1cc(C(N)=S)ccn1.CO[C@H]1/C=C/O[C@@]2(C)Oc3c(C)c(O)c4c(O)c(c(/C=N/N5CCN(C)CC5)c(O)c4c3C2=O)NC(=O)/C(C)=C\C=C\[C@H](C)[C@H](O)[C@@H](C)[C@@H](O)[C@@H](C)[C@H](OC(C)=O)[C@@H]1C.NNC(=O)c1ccncc1.N[C@@H]1CONC1=O.Nc1ccc(C(=O)O)c(O)c1. The molecule has 0 unspecified atom stereocenters. The number of nitrogens with one attached hydrogen (secondary N) is 5. The van der Waals surface area contributed by atoms with Crippen molar-refractivity contribution < 1.29 is 98.5 Å². The number of allylic oxidation sites excluding steroid dienone is 2. The zero-order valence-corrected chi connectivity index (χ0v) is 66.4. The van der Waals surface area contributed by atoms with Gasteiger partial charge in [-0.1, -0.05) is 78.9 Å². The van der Waals surface area contributed by atoms with Crippen LogP contribution in [0.15, 0.2) is 102 Å². The zero-order chi connectivity index (χ0) is 83.9. The quantitative estimate of drug-likeness (QED) is 0.00596. The van der Waals surface area contributed by atoms with Gasteiger partial charge in [0.2, 0.25) is 0 Å². The number of aromatic nitrogens is 2. The van der Waals surface area contributed by atoms with Crippen molar-refractivity contribution in [3.8, 4) is 28.7 Å². The molecule has 12 atom stereocenters. The third-order valence-corrected chi connectivity index (χ3v) is 19.1. The Balaban J connectivity index is 0.000000392. The van der Waals surface area contributed by atoms with E-state index in [1.165, 1.54) is 90.0 Å². The number of phenolic OH excluding ortho intramolecular Hbond substituents is 3. The number of aromatic hydroxyl groups is 4. The lowest BCUT2D eigenvalue weighted by atomic mass is 9.78. The van der Waals surface area contributed by atoms with Gasteiger partial charge in [-0.25, -0.2) is 16.1 Å². The number of nitrogens with two attached hydrogens (primary N) is 4. The van der Waals surface area contributed by atoms with Crippen molar-refractivity contribution in [3.05, 3.63) is 136 Å². The van der Waals surface area contributed by atoms with Gasteiger partial charge in [-0.3, -0.25) is 49.2 Å². The predicted molar refractivity (Wildman–Crippen MR) is 426 cm³/mol. The molecule has 2 aromatic heterocycles. The Morgan fingerprint density at radius 2 is 1.46 bits per heavy atom.